The minimum atomic E-state index is -2.90. The number of carbonyl (C=O) groups is 1. The van der Waals surface area contributed by atoms with Crippen molar-refractivity contribution in [1.82, 2.24) is 10.1 Å². The number of aryl methyl sites for hydroxylation is 1. The molecule has 0 N–H and O–H groups in total. The fourth-order valence-corrected chi connectivity index (χ4v) is 3.46. The molecule has 3 rings (SSSR count). The zero-order chi connectivity index (χ0) is 18.7. The van der Waals surface area contributed by atoms with E-state index in [1.54, 1.807) is 55.5 Å². The van der Waals surface area contributed by atoms with Crippen molar-refractivity contribution in [3.8, 4) is 17.1 Å². The van der Waals surface area contributed by atoms with E-state index in [0.29, 0.717) is 27.9 Å². The van der Waals surface area contributed by atoms with Gasteiger partial charge in [0.2, 0.25) is 11.7 Å². The van der Waals surface area contributed by atoms with Crippen LogP contribution >= 0.6 is 0 Å². The van der Waals surface area contributed by atoms with Crippen molar-refractivity contribution >= 4 is 15.6 Å². The topological polar surface area (TPSA) is 94.7 Å². The molecular formula is C18H17N3O4S. The van der Waals surface area contributed by atoms with E-state index in [9.17, 15) is 9.00 Å². The van der Waals surface area contributed by atoms with Crippen LogP contribution in [-0.4, -0.2) is 33.6 Å². The molecule has 1 aromatic heterocycles. The first-order valence-electron chi connectivity index (χ1n) is 7.70. The summed E-state index contributed by atoms with van der Waals surface area (Å²) in [4.78, 5) is 16.9. The molecule has 0 aliphatic rings. The Balaban J connectivity index is 1.90. The van der Waals surface area contributed by atoms with E-state index in [1.807, 2.05) is 0 Å². The molecular weight excluding hydrogens is 354 g/mol. The summed E-state index contributed by atoms with van der Waals surface area (Å²) in [5.74, 6) is 0.881. The first kappa shape index (κ1) is 17.8. The highest BCUT2D eigenvalue weighted by Crippen LogP contribution is 2.21. The molecule has 7 nitrogen and oxygen atoms in total. The molecule has 1 heterocycles. The van der Waals surface area contributed by atoms with Gasteiger partial charge in [-0.15, -0.1) is 0 Å². The highest BCUT2D eigenvalue weighted by atomic mass is 32.2. The average molecular weight is 371 g/mol. The monoisotopic (exact) mass is 371 g/mol. The molecule has 3 aromatic rings. The number of aromatic nitrogens is 2. The van der Waals surface area contributed by atoms with E-state index in [4.69, 9.17) is 9.26 Å². The second kappa shape index (κ2) is 7.09. The van der Waals surface area contributed by atoms with Crippen molar-refractivity contribution in [2.45, 2.75) is 11.8 Å². The van der Waals surface area contributed by atoms with Crippen molar-refractivity contribution in [2.24, 2.45) is 4.36 Å². The molecule has 1 atom stereocenters. The SMILES string of the molecule is COc1cccc(C(=O)N=S(C)(=O)c2ccc(-c3noc(C)n3)cc2)c1. The average Bonchev–Trinajstić information content (AvgIpc) is 3.08. The number of methoxy groups -OCH3 is 1. The van der Waals surface area contributed by atoms with Gasteiger partial charge in [-0.05, 0) is 42.5 Å². The summed E-state index contributed by atoms with van der Waals surface area (Å²) in [6.07, 6.45) is 1.43. The standard InChI is InChI=1S/C18H17N3O4S/c1-12-19-17(20-25-12)13-7-9-16(10-8-13)26(3,23)21-18(22)14-5-4-6-15(11-14)24-2/h4-11H,1-3H3. The lowest BCUT2D eigenvalue weighted by atomic mass is 10.2. The summed E-state index contributed by atoms with van der Waals surface area (Å²) in [6.45, 7) is 1.70. The van der Waals surface area contributed by atoms with Crippen LogP contribution in [0.4, 0.5) is 0 Å². The van der Waals surface area contributed by atoms with E-state index in [0.717, 1.165) is 5.56 Å². The molecule has 8 heteroatoms. The second-order valence-corrected chi connectivity index (χ2v) is 7.85. The molecule has 0 saturated carbocycles. The van der Waals surface area contributed by atoms with Crippen LogP contribution in [0.15, 0.2) is 62.3 Å². The van der Waals surface area contributed by atoms with Gasteiger partial charge < -0.3 is 9.26 Å². The molecule has 134 valence electrons. The molecule has 0 spiro atoms. The van der Waals surface area contributed by atoms with Gasteiger partial charge >= 0.3 is 0 Å². The highest BCUT2D eigenvalue weighted by Gasteiger charge is 2.13. The molecule has 1 unspecified atom stereocenters. The van der Waals surface area contributed by atoms with Gasteiger partial charge in [-0.2, -0.15) is 9.35 Å². The number of hydrogen-bond acceptors (Lipinski definition) is 6. The van der Waals surface area contributed by atoms with Crippen LogP contribution in [0, 0.1) is 6.92 Å². The molecule has 0 aliphatic heterocycles. The number of nitrogens with zero attached hydrogens (tertiary/aromatic N) is 3. The number of ether oxygens (including phenoxy) is 1. The third-order valence-corrected chi connectivity index (χ3v) is 5.31. The Kier molecular flexibility index (Phi) is 4.85. The smallest absolute Gasteiger partial charge is 0.285 e. The third kappa shape index (κ3) is 3.80. The minimum absolute atomic E-state index is 0.317. The highest BCUT2D eigenvalue weighted by molar-refractivity contribution is 7.93. The van der Waals surface area contributed by atoms with E-state index in [1.165, 1.54) is 13.4 Å². The predicted octanol–water partition coefficient (Wildman–Crippen LogP) is 3.35. The van der Waals surface area contributed by atoms with Crippen LogP contribution in [0.3, 0.4) is 0 Å². The predicted molar refractivity (Wildman–Crippen MR) is 96.6 cm³/mol. The van der Waals surface area contributed by atoms with Crippen LogP contribution in [-0.2, 0) is 9.73 Å². The Hall–Kier alpha value is -3.00. The van der Waals surface area contributed by atoms with Crippen molar-refractivity contribution in [2.75, 3.05) is 13.4 Å². The number of amides is 1. The van der Waals surface area contributed by atoms with Gasteiger partial charge in [0.25, 0.3) is 5.91 Å². The maximum atomic E-state index is 12.9. The fraction of sp³-hybridized carbons (Fsp3) is 0.167. The summed E-state index contributed by atoms with van der Waals surface area (Å²) in [7, 11) is -1.39. The quantitative estimate of drug-likeness (QED) is 0.698. The number of benzene rings is 2. The number of rotatable bonds is 4. The lowest BCUT2D eigenvalue weighted by molar-refractivity contribution is 0.100. The van der Waals surface area contributed by atoms with Gasteiger partial charge in [-0.1, -0.05) is 11.2 Å². The van der Waals surface area contributed by atoms with Gasteiger partial charge in [0.05, 0.1) is 16.8 Å². The van der Waals surface area contributed by atoms with Crippen LogP contribution < -0.4 is 4.74 Å². The first-order chi connectivity index (χ1) is 12.4. The molecule has 0 fully saturated rings. The van der Waals surface area contributed by atoms with E-state index in [-0.39, 0.29) is 0 Å². The molecule has 2 aromatic carbocycles. The van der Waals surface area contributed by atoms with Crippen molar-refractivity contribution in [3.63, 3.8) is 0 Å². The van der Waals surface area contributed by atoms with Crippen LogP contribution in [0.1, 0.15) is 16.2 Å². The maximum absolute atomic E-state index is 12.9. The molecule has 1 amide bonds. The fourth-order valence-electron chi connectivity index (χ4n) is 2.29. The summed E-state index contributed by atoms with van der Waals surface area (Å²) in [5, 5.41) is 3.84. The summed E-state index contributed by atoms with van der Waals surface area (Å²) < 4.78 is 26.9. The van der Waals surface area contributed by atoms with Gasteiger partial charge in [-0.3, -0.25) is 4.79 Å². The van der Waals surface area contributed by atoms with Gasteiger partial charge in [0, 0.05) is 29.2 Å². The first-order valence-corrected chi connectivity index (χ1v) is 9.63. The second-order valence-electron chi connectivity index (χ2n) is 5.59. The van der Waals surface area contributed by atoms with Crippen LogP contribution in [0.5, 0.6) is 5.75 Å². The Labute approximate surface area is 151 Å². The summed E-state index contributed by atoms with van der Waals surface area (Å²) in [6, 6.07) is 13.3. The number of carbonyl (C=O) groups excluding carboxylic acids is 1. The molecule has 26 heavy (non-hydrogen) atoms. The lowest BCUT2D eigenvalue weighted by Crippen LogP contribution is -2.04. The van der Waals surface area contributed by atoms with Crippen molar-refractivity contribution < 1.29 is 18.3 Å². The van der Waals surface area contributed by atoms with Gasteiger partial charge in [0.15, 0.2) is 0 Å². The molecule has 0 radical (unpaired) electrons. The molecule has 0 aliphatic carbocycles. The third-order valence-electron chi connectivity index (χ3n) is 3.65. The van der Waals surface area contributed by atoms with Crippen LogP contribution in [0.2, 0.25) is 0 Å². The summed E-state index contributed by atoms with van der Waals surface area (Å²) in [5.41, 5.74) is 1.04. The van der Waals surface area contributed by atoms with Gasteiger partial charge in [0.1, 0.15) is 5.75 Å². The Morgan fingerprint density at radius 2 is 1.92 bits per heavy atom. The maximum Gasteiger partial charge on any atom is 0.285 e. The Bertz CT molecular complexity index is 1060. The largest absolute Gasteiger partial charge is 0.497 e. The van der Waals surface area contributed by atoms with Crippen LogP contribution in [0.25, 0.3) is 11.4 Å². The van der Waals surface area contributed by atoms with Crippen molar-refractivity contribution in [1.29, 1.82) is 0 Å². The van der Waals surface area contributed by atoms with E-state index >= 15 is 0 Å². The van der Waals surface area contributed by atoms with E-state index in [2.05, 4.69) is 14.5 Å². The lowest BCUT2D eigenvalue weighted by Gasteiger charge is -2.05. The zero-order valence-electron chi connectivity index (χ0n) is 14.5. The Morgan fingerprint density at radius 1 is 1.19 bits per heavy atom. The van der Waals surface area contributed by atoms with Crippen molar-refractivity contribution in [3.05, 3.63) is 60.0 Å². The normalized spacial score (nSPS) is 13.0. The summed E-state index contributed by atoms with van der Waals surface area (Å²) >= 11 is 0. The van der Waals surface area contributed by atoms with Gasteiger partial charge in [-0.25, -0.2) is 4.21 Å². The Morgan fingerprint density at radius 3 is 2.54 bits per heavy atom. The molecule has 0 bridgehead atoms. The zero-order valence-corrected chi connectivity index (χ0v) is 15.3. The minimum Gasteiger partial charge on any atom is -0.497 e. The number of hydrogen-bond donors (Lipinski definition) is 0. The molecule has 0 saturated heterocycles. The van der Waals surface area contributed by atoms with E-state index < -0.39 is 15.6 Å².